The third-order valence-corrected chi connectivity index (χ3v) is 4.28. The van der Waals surface area contributed by atoms with E-state index in [-0.39, 0.29) is 11.5 Å². The van der Waals surface area contributed by atoms with E-state index < -0.39 is 11.9 Å². The summed E-state index contributed by atoms with van der Waals surface area (Å²) in [5, 5.41) is 7.45. The molecule has 0 aromatic carbocycles. The van der Waals surface area contributed by atoms with Crippen molar-refractivity contribution in [2.75, 3.05) is 12.4 Å². The first-order valence-electron chi connectivity index (χ1n) is 8.71. The molecule has 4 heterocycles. The van der Waals surface area contributed by atoms with Gasteiger partial charge in [-0.15, -0.1) is 5.10 Å². The van der Waals surface area contributed by atoms with Crippen molar-refractivity contribution >= 4 is 22.8 Å². The summed E-state index contributed by atoms with van der Waals surface area (Å²) in [5.74, 6) is 0.805. The van der Waals surface area contributed by atoms with E-state index >= 15 is 0 Å². The van der Waals surface area contributed by atoms with Crippen molar-refractivity contribution in [2.24, 2.45) is 0 Å². The number of rotatable bonds is 5. The minimum absolute atomic E-state index is 0.000252. The van der Waals surface area contributed by atoms with Crippen LogP contribution in [0.5, 0.6) is 0 Å². The topological polar surface area (TPSA) is 77.2 Å². The summed E-state index contributed by atoms with van der Waals surface area (Å²) in [5.41, 5.74) is 0.832. The molecule has 152 valence electrons. The van der Waals surface area contributed by atoms with Crippen LogP contribution in [-0.4, -0.2) is 31.7 Å². The smallest absolute Gasteiger partial charge is 0.433 e. The Labute approximate surface area is 168 Å². The van der Waals surface area contributed by atoms with Gasteiger partial charge in [0.1, 0.15) is 22.7 Å². The Bertz CT molecular complexity index is 1230. The fraction of sp³-hybridized carbons (Fsp3) is 0.100. The molecule has 0 saturated heterocycles. The van der Waals surface area contributed by atoms with Crippen LogP contribution in [0.25, 0.3) is 22.8 Å². The van der Waals surface area contributed by atoms with E-state index in [1.165, 1.54) is 23.8 Å². The van der Waals surface area contributed by atoms with Crippen molar-refractivity contribution in [1.29, 1.82) is 0 Å². The van der Waals surface area contributed by atoms with E-state index in [0.29, 0.717) is 28.3 Å². The maximum atomic E-state index is 13.1. The van der Waals surface area contributed by atoms with Crippen LogP contribution in [0.4, 0.5) is 24.7 Å². The maximum Gasteiger partial charge on any atom is 0.433 e. The quantitative estimate of drug-likeness (QED) is 0.484. The van der Waals surface area contributed by atoms with Gasteiger partial charge < -0.3 is 10.1 Å². The van der Waals surface area contributed by atoms with Gasteiger partial charge in [0, 0.05) is 18.6 Å². The first-order chi connectivity index (χ1) is 14.4. The number of nitrogens with zero attached hydrogens (tertiary/aromatic N) is 5. The van der Waals surface area contributed by atoms with Crippen LogP contribution in [0.2, 0.25) is 0 Å². The SMILES string of the molecule is C=C(OC)c1cnccc1Nc1nc(-c2cccc(C(F)(F)F)n2)nn2cccc12. The summed E-state index contributed by atoms with van der Waals surface area (Å²) in [6.07, 6.45) is 0.266. The molecule has 4 rings (SSSR count). The molecule has 0 aliphatic rings. The number of aromatic nitrogens is 5. The van der Waals surface area contributed by atoms with E-state index in [0.717, 1.165) is 6.07 Å². The van der Waals surface area contributed by atoms with E-state index in [4.69, 9.17) is 4.74 Å². The Morgan fingerprint density at radius 1 is 1.13 bits per heavy atom. The molecule has 7 nitrogen and oxygen atoms in total. The van der Waals surface area contributed by atoms with Gasteiger partial charge in [0.05, 0.1) is 18.4 Å². The summed E-state index contributed by atoms with van der Waals surface area (Å²) in [4.78, 5) is 12.2. The number of methoxy groups -OCH3 is 1. The first-order valence-corrected chi connectivity index (χ1v) is 8.71. The van der Waals surface area contributed by atoms with Crippen LogP contribution in [0.15, 0.2) is 61.6 Å². The molecule has 0 spiro atoms. The average molecular weight is 412 g/mol. The monoisotopic (exact) mass is 412 g/mol. The number of hydrogen-bond donors (Lipinski definition) is 1. The third kappa shape index (κ3) is 3.66. The number of halogens is 3. The number of fused-ring (bicyclic) bond motifs is 1. The Morgan fingerprint density at radius 3 is 2.73 bits per heavy atom. The minimum Gasteiger partial charge on any atom is -0.497 e. The second kappa shape index (κ2) is 7.47. The van der Waals surface area contributed by atoms with Gasteiger partial charge in [-0.05, 0) is 30.3 Å². The number of ether oxygens (including phenoxy) is 1. The highest BCUT2D eigenvalue weighted by Crippen LogP contribution is 2.30. The fourth-order valence-electron chi connectivity index (χ4n) is 2.82. The highest BCUT2D eigenvalue weighted by molar-refractivity contribution is 5.80. The normalized spacial score (nSPS) is 11.5. The lowest BCUT2D eigenvalue weighted by atomic mass is 10.2. The molecular formula is C20H15F3N6O. The van der Waals surface area contributed by atoms with E-state index in [2.05, 4.69) is 31.9 Å². The minimum atomic E-state index is -4.57. The molecule has 4 aromatic heterocycles. The zero-order valence-electron chi connectivity index (χ0n) is 15.7. The predicted molar refractivity (Wildman–Crippen MR) is 105 cm³/mol. The van der Waals surface area contributed by atoms with Gasteiger partial charge in [-0.2, -0.15) is 13.2 Å². The molecule has 4 aromatic rings. The van der Waals surface area contributed by atoms with E-state index in [1.807, 2.05) is 0 Å². The van der Waals surface area contributed by atoms with Crippen LogP contribution in [0.1, 0.15) is 11.3 Å². The Hall–Kier alpha value is -3.95. The second-order valence-electron chi connectivity index (χ2n) is 6.20. The van der Waals surface area contributed by atoms with Crippen LogP contribution in [0, 0.1) is 0 Å². The molecule has 0 aliphatic heterocycles. The molecule has 0 bridgehead atoms. The Morgan fingerprint density at radius 2 is 1.97 bits per heavy atom. The lowest BCUT2D eigenvalue weighted by Gasteiger charge is -2.14. The fourth-order valence-corrected chi connectivity index (χ4v) is 2.82. The lowest BCUT2D eigenvalue weighted by Crippen LogP contribution is -2.10. The van der Waals surface area contributed by atoms with Crippen LogP contribution < -0.4 is 5.32 Å². The Balaban J connectivity index is 1.82. The maximum absolute atomic E-state index is 13.1. The number of nitrogens with one attached hydrogen (secondary N) is 1. The first kappa shape index (κ1) is 19.4. The number of anilines is 2. The summed E-state index contributed by atoms with van der Waals surface area (Å²) in [6.45, 7) is 3.84. The van der Waals surface area contributed by atoms with Crippen molar-refractivity contribution in [3.63, 3.8) is 0 Å². The standard InChI is InChI=1S/C20H15F3N6O/c1-12(30-2)13-11-24-9-8-14(13)26-19-16-6-4-10-29(16)28-18(27-19)15-5-3-7-17(25-15)20(21,22)23/h3-11H,1H2,2H3,(H,24,26,27,28). The zero-order chi connectivity index (χ0) is 21.3. The van der Waals surface area contributed by atoms with Gasteiger partial charge in [0.15, 0.2) is 5.82 Å². The van der Waals surface area contributed by atoms with Crippen LogP contribution in [0.3, 0.4) is 0 Å². The summed E-state index contributed by atoms with van der Waals surface area (Å²) < 4.78 is 45.9. The van der Waals surface area contributed by atoms with E-state index in [1.54, 1.807) is 36.8 Å². The van der Waals surface area contributed by atoms with Gasteiger partial charge in [-0.1, -0.05) is 12.6 Å². The third-order valence-electron chi connectivity index (χ3n) is 4.28. The van der Waals surface area contributed by atoms with Gasteiger partial charge in [0.25, 0.3) is 0 Å². The van der Waals surface area contributed by atoms with Crippen molar-refractivity contribution in [3.05, 3.63) is 72.8 Å². The molecule has 30 heavy (non-hydrogen) atoms. The number of pyridine rings is 2. The van der Waals surface area contributed by atoms with Crippen molar-refractivity contribution in [3.8, 4) is 11.5 Å². The second-order valence-corrected chi connectivity index (χ2v) is 6.20. The van der Waals surface area contributed by atoms with Crippen molar-refractivity contribution in [1.82, 2.24) is 24.6 Å². The summed E-state index contributed by atoms with van der Waals surface area (Å²) >= 11 is 0. The van der Waals surface area contributed by atoms with Crippen LogP contribution in [-0.2, 0) is 10.9 Å². The van der Waals surface area contributed by atoms with Crippen molar-refractivity contribution in [2.45, 2.75) is 6.18 Å². The largest absolute Gasteiger partial charge is 0.497 e. The number of alkyl halides is 3. The average Bonchev–Trinajstić information content (AvgIpc) is 3.22. The molecule has 0 atom stereocenters. The summed E-state index contributed by atoms with van der Waals surface area (Å²) in [6, 6.07) is 8.83. The molecule has 0 amide bonds. The van der Waals surface area contributed by atoms with E-state index in [9.17, 15) is 13.2 Å². The molecule has 0 unspecified atom stereocenters. The molecular weight excluding hydrogens is 397 g/mol. The molecule has 0 fully saturated rings. The predicted octanol–water partition coefficient (Wildman–Crippen LogP) is 4.57. The molecule has 1 N–H and O–H groups in total. The van der Waals surface area contributed by atoms with Crippen molar-refractivity contribution < 1.29 is 17.9 Å². The highest BCUT2D eigenvalue weighted by Gasteiger charge is 2.32. The molecule has 0 saturated carbocycles. The zero-order valence-corrected chi connectivity index (χ0v) is 15.7. The summed E-state index contributed by atoms with van der Waals surface area (Å²) in [7, 11) is 1.49. The van der Waals surface area contributed by atoms with Gasteiger partial charge >= 0.3 is 6.18 Å². The van der Waals surface area contributed by atoms with Crippen LogP contribution >= 0.6 is 0 Å². The molecule has 10 heteroatoms. The van der Waals surface area contributed by atoms with Gasteiger partial charge in [0.2, 0.25) is 5.82 Å². The number of hydrogen-bond acceptors (Lipinski definition) is 6. The highest BCUT2D eigenvalue weighted by atomic mass is 19.4. The van der Waals surface area contributed by atoms with Gasteiger partial charge in [-0.3, -0.25) is 4.98 Å². The Kier molecular flexibility index (Phi) is 4.82. The molecule has 0 aliphatic carbocycles. The molecule has 0 radical (unpaired) electrons. The van der Waals surface area contributed by atoms with Gasteiger partial charge in [-0.25, -0.2) is 14.5 Å². The lowest BCUT2D eigenvalue weighted by molar-refractivity contribution is -0.141.